The van der Waals surface area contributed by atoms with Crippen molar-refractivity contribution in [1.82, 2.24) is 9.88 Å². The largest absolute Gasteiger partial charge is 0.348 e. The molecule has 1 aromatic carbocycles. The maximum absolute atomic E-state index is 13.8. The summed E-state index contributed by atoms with van der Waals surface area (Å²) in [5.74, 6) is -0.384. The molecular weight excluding hydrogens is 255 g/mol. The van der Waals surface area contributed by atoms with Crippen LogP contribution in [0.2, 0.25) is 0 Å². The second kappa shape index (κ2) is 5.27. The lowest BCUT2D eigenvalue weighted by molar-refractivity contribution is 0.0920. The van der Waals surface area contributed by atoms with E-state index in [-0.39, 0.29) is 17.8 Å². The Kier molecular flexibility index (Phi) is 3.47. The molecule has 0 radical (unpaired) electrons. The van der Waals surface area contributed by atoms with Crippen molar-refractivity contribution in [3.8, 4) is 0 Å². The molecule has 3 rings (SSSR count). The van der Waals surface area contributed by atoms with E-state index in [1.165, 1.54) is 25.3 Å². The first-order valence-corrected chi connectivity index (χ1v) is 7.21. The Bertz CT molecular complexity index is 641. The van der Waals surface area contributed by atoms with Crippen molar-refractivity contribution in [3.05, 3.63) is 35.8 Å². The lowest BCUT2D eigenvalue weighted by atomic mass is 9.95. The Labute approximate surface area is 117 Å². The summed E-state index contributed by atoms with van der Waals surface area (Å²) in [4.78, 5) is 12.4. The van der Waals surface area contributed by atoms with E-state index in [0.717, 1.165) is 18.4 Å². The van der Waals surface area contributed by atoms with Gasteiger partial charge < -0.3 is 9.88 Å². The lowest BCUT2D eigenvalue weighted by Crippen LogP contribution is -2.36. The van der Waals surface area contributed by atoms with Crippen LogP contribution in [0, 0.1) is 5.82 Å². The molecule has 0 atom stereocenters. The lowest BCUT2D eigenvalue weighted by Gasteiger charge is -2.22. The fourth-order valence-corrected chi connectivity index (χ4v) is 3.05. The van der Waals surface area contributed by atoms with Gasteiger partial charge >= 0.3 is 0 Å². The van der Waals surface area contributed by atoms with Crippen LogP contribution in [0.5, 0.6) is 0 Å². The summed E-state index contributed by atoms with van der Waals surface area (Å²) in [7, 11) is 1.80. The monoisotopic (exact) mass is 274 g/mol. The Morgan fingerprint density at radius 2 is 2.05 bits per heavy atom. The number of carbonyl (C=O) groups is 1. The molecule has 0 spiro atoms. The van der Waals surface area contributed by atoms with Crippen LogP contribution < -0.4 is 5.32 Å². The molecule has 0 bridgehead atoms. The van der Waals surface area contributed by atoms with Crippen molar-refractivity contribution >= 4 is 16.8 Å². The minimum atomic E-state index is -0.283. The van der Waals surface area contributed by atoms with Crippen LogP contribution in [0.25, 0.3) is 10.9 Å². The van der Waals surface area contributed by atoms with Gasteiger partial charge in [0.15, 0.2) is 0 Å². The van der Waals surface area contributed by atoms with E-state index in [1.54, 1.807) is 23.7 Å². The summed E-state index contributed by atoms with van der Waals surface area (Å²) in [5.41, 5.74) is 1.27. The summed E-state index contributed by atoms with van der Waals surface area (Å²) in [6.45, 7) is 0. The number of hydrogen-bond acceptors (Lipinski definition) is 1. The highest BCUT2D eigenvalue weighted by molar-refractivity contribution is 5.99. The average Bonchev–Trinajstić information content (AvgIpc) is 2.79. The molecule has 1 fully saturated rings. The number of nitrogens with zero attached hydrogens (tertiary/aromatic N) is 1. The van der Waals surface area contributed by atoms with Crippen molar-refractivity contribution in [1.29, 1.82) is 0 Å². The van der Waals surface area contributed by atoms with E-state index >= 15 is 0 Å². The van der Waals surface area contributed by atoms with Crippen molar-refractivity contribution in [3.63, 3.8) is 0 Å². The molecule has 2 aromatic rings. The third-order valence-corrected chi connectivity index (χ3v) is 4.21. The summed E-state index contributed by atoms with van der Waals surface area (Å²) in [6, 6.07) is 6.82. The number of rotatable bonds is 2. The number of benzene rings is 1. The number of aryl methyl sites for hydroxylation is 1. The topological polar surface area (TPSA) is 34.0 Å². The van der Waals surface area contributed by atoms with Gasteiger partial charge in [-0.05, 0) is 31.0 Å². The van der Waals surface area contributed by atoms with Gasteiger partial charge in [0.2, 0.25) is 0 Å². The molecule has 3 nitrogen and oxygen atoms in total. The van der Waals surface area contributed by atoms with Crippen molar-refractivity contribution < 1.29 is 9.18 Å². The molecule has 1 aromatic heterocycles. The molecule has 1 aliphatic rings. The van der Waals surface area contributed by atoms with Crippen molar-refractivity contribution in [2.75, 3.05) is 0 Å². The quantitative estimate of drug-likeness (QED) is 0.895. The van der Waals surface area contributed by atoms with Crippen LogP contribution in [0.15, 0.2) is 24.3 Å². The molecule has 1 aliphatic carbocycles. The standard InChI is InChI=1S/C16H19FN2O/c1-19-14-9-5-8-13(17)12(14)10-15(19)16(20)18-11-6-3-2-4-7-11/h5,8-11H,2-4,6-7H2,1H3,(H,18,20). The average molecular weight is 274 g/mol. The molecule has 0 unspecified atom stereocenters. The van der Waals surface area contributed by atoms with Gasteiger partial charge in [0, 0.05) is 18.5 Å². The molecule has 0 aliphatic heterocycles. The zero-order valence-corrected chi connectivity index (χ0v) is 11.7. The van der Waals surface area contributed by atoms with Crippen molar-refractivity contribution in [2.24, 2.45) is 7.05 Å². The zero-order chi connectivity index (χ0) is 14.1. The molecular formula is C16H19FN2O. The predicted octanol–water partition coefficient (Wildman–Crippen LogP) is 3.38. The Morgan fingerprint density at radius 3 is 2.75 bits per heavy atom. The Hall–Kier alpha value is -1.84. The van der Waals surface area contributed by atoms with Crippen molar-refractivity contribution in [2.45, 2.75) is 38.1 Å². The first-order chi connectivity index (χ1) is 9.66. The fourth-order valence-electron chi connectivity index (χ4n) is 3.05. The molecule has 106 valence electrons. The SMILES string of the molecule is Cn1c(C(=O)NC2CCCCC2)cc2c(F)cccc21. The van der Waals surface area contributed by atoms with Crippen LogP contribution in [-0.2, 0) is 7.05 Å². The molecule has 1 amide bonds. The first kappa shape index (κ1) is 13.2. The Morgan fingerprint density at radius 1 is 1.30 bits per heavy atom. The highest BCUT2D eigenvalue weighted by atomic mass is 19.1. The second-order valence-electron chi connectivity index (χ2n) is 5.57. The summed E-state index contributed by atoms with van der Waals surface area (Å²) < 4.78 is 15.5. The van der Waals surface area contributed by atoms with Gasteiger partial charge in [0.05, 0.1) is 5.52 Å². The number of hydrogen-bond donors (Lipinski definition) is 1. The molecule has 20 heavy (non-hydrogen) atoms. The maximum Gasteiger partial charge on any atom is 0.268 e. The molecule has 0 saturated heterocycles. The maximum atomic E-state index is 13.8. The number of nitrogens with one attached hydrogen (secondary N) is 1. The fraction of sp³-hybridized carbons (Fsp3) is 0.438. The second-order valence-corrected chi connectivity index (χ2v) is 5.57. The molecule has 1 heterocycles. The third kappa shape index (κ3) is 2.30. The van der Waals surface area contributed by atoms with E-state index in [2.05, 4.69) is 5.32 Å². The summed E-state index contributed by atoms with van der Waals surface area (Å²) in [5, 5.41) is 3.58. The van der Waals surface area contributed by atoms with Gasteiger partial charge in [-0.15, -0.1) is 0 Å². The third-order valence-electron chi connectivity index (χ3n) is 4.21. The van der Waals surface area contributed by atoms with E-state index < -0.39 is 0 Å². The Balaban J connectivity index is 1.87. The van der Waals surface area contributed by atoms with E-state index in [4.69, 9.17) is 0 Å². The van der Waals surface area contributed by atoms with Crippen LogP contribution in [0.3, 0.4) is 0 Å². The summed E-state index contributed by atoms with van der Waals surface area (Å²) >= 11 is 0. The number of fused-ring (bicyclic) bond motifs is 1. The predicted molar refractivity (Wildman–Crippen MR) is 77.2 cm³/mol. The smallest absolute Gasteiger partial charge is 0.268 e. The van der Waals surface area contributed by atoms with Crippen LogP contribution in [0.4, 0.5) is 4.39 Å². The highest BCUT2D eigenvalue weighted by Gasteiger charge is 2.20. The van der Waals surface area contributed by atoms with Gasteiger partial charge in [0.25, 0.3) is 5.91 Å². The zero-order valence-electron chi connectivity index (χ0n) is 11.7. The molecule has 4 heteroatoms. The van der Waals surface area contributed by atoms with E-state index in [0.29, 0.717) is 11.1 Å². The van der Waals surface area contributed by atoms with Gasteiger partial charge in [0.1, 0.15) is 11.5 Å². The number of aromatic nitrogens is 1. The van der Waals surface area contributed by atoms with Gasteiger partial charge in [-0.2, -0.15) is 0 Å². The highest BCUT2D eigenvalue weighted by Crippen LogP contribution is 2.22. The van der Waals surface area contributed by atoms with Gasteiger partial charge in [-0.3, -0.25) is 4.79 Å². The molecule has 1 N–H and O–H groups in total. The summed E-state index contributed by atoms with van der Waals surface area (Å²) in [6.07, 6.45) is 5.70. The minimum absolute atomic E-state index is 0.102. The van der Waals surface area contributed by atoms with E-state index in [1.807, 2.05) is 6.07 Å². The van der Waals surface area contributed by atoms with Crippen LogP contribution in [0.1, 0.15) is 42.6 Å². The first-order valence-electron chi connectivity index (χ1n) is 7.21. The van der Waals surface area contributed by atoms with Gasteiger partial charge in [-0.1, -0.05) is 25.3 Å². The normalized spacial score (nSPS) is 16.5. The minimum Gasteiger partial charge on any atom is -0.348 e. The van der Waals surface area contributed by atoms with Gasteiger partial charge in [-0.25, -0.2) is 4.39 Å². The number of halogens is 1. The van der Waals surface area contributed by atoms with Crippen LogP contribution in [-0.4, -0.2) is 16.5 Å². The molecule has 1 saturated carbocycles. The van der Waals surface area contributed by atoms with E-state index in [9.17, 15) is 9.18 Å². The van der Waals surface area contributed by atoms with Crippen LogP contribution >= 0.6 is 0 Å². The number of amides is 1. The number of carbonyl (C=O) groups excluding carboxylic acids is 1.